The van der Waals surface area contributed by atoms with Crippen LogP contribution in [0.2, 0.25) is 0 Å². The summed E-state index contributed by atoms with van der Waals surface area (Å²) in [5.74, 6) is 0.657. The number of likely N-dealkylation sites (tertiary alicyclic amines) is 1. The molecule has 0 spiro atoms. The van der Waals surface area contributed by atoms with Crippen LogP contribution >= 0.6 is 0 Å². The predicted octanol–water partition coefficient (Wildman–Crippen LogP) is 2.70. The summed E-state index contributed by atoms with van der Waals surface area (Å²) in [5, 5.41) is 9.70. The molecule has 22 heavy (non-hydrogen) atoms. The zero-order valence-corrected chi connectivity index (χ0v) is 13.2. The molecule has 2 unspecified atom stereocenters. The second kappa shape index (κ2) is 7.42. The van der Waals surface area contributed by atoms with E-state index in [1.54, 1.807) is 0 Å². The maximum absolute atomic E-state index is 13.2. The fourth-order valence-corrected chi connectivity index (χ4v) is 3.82. The molecule has 2 aliphatic rings. The highest BCUT2D eigenvalue weighted by atomic mass is 19.1. The average Bonchev–Trinajstić information content (AvgIpc) is 2.58. The predicted molar refractivity (Wildman–Crippen MR) is 88.0 cm³/mol. The van der Waals surface area contributed by atoms with Crippen LogP contribution in [0.4, 0.5) is 10.1 Å². The minimum Gasteiger partial charge on any atom is -0.393 e. The molecule has 2 saturated heterocycles. The molecule has 0 bridgehead atoms. The van der Waals surface area contributed by atoms with Crippen molar-refractivity contribution < 1.29 is 9.50 Å². The van der Waals surface area contributed by atoms with Crippen LogP contribution in [-0.2, 0) is 0 Å². The van der Waals surface area contributed by atoms with Gasteiger partial charge in [-0.05, 0) is 43.7 Å². The first-order chi connectivity index (χ1) is 10.8. The second-order valence-electron chi connectivity index (χ2n) is 6.75. The van der Waals surface area contributed by atoms with Crippen molar-refractivity contribution in [1.82, 2.24) is 4.90 Å². The molecule has 3 nitrogen and oxygen atoms in total. The average molecular weight is 306 g/mol. The van der Waals surface area contributed by atoms with Gasteiger partial charge >= 0.3 is 0 Å². The molecule has 0 aromatic heterocycles. The van der Waals surface area contributed by atoms with Crippen LogP contribution in [0.5, 0.6) is 0 Å². The van der Waals surface area contributed by atoms with Crippen LogP contribution in [0.3, 0.4) is 0 Å². The number of hydrogen-bond acceptors (Lipinski definition) is 3. The van der Waals surface area contributed by atoms with Crippen molar-refractivity contribution in [3.8, 4) is 0 Å². The summed E-state index contributed by atoms with van der Waals surface area (Å²) in [5.41, 5.74) is 1.31. The second-order valence-corrected chi connectivity index (χ2v) is 6.75. The molecule has 0 aliphatic carbocycles. The van der Waals surface area contributed by atoms with Crippen molar-refractivity contribution in [3.05, 3.63) is 30.3 Å². The highest BCUT2D eigenvalue weighted by molar-refractivity contribution is 5.46. The van der Waals surface area contributed by atoms with Gasteiger partial charge < -0.3 is 10.0 Å². The lowest BCUT2D eigenvalue weighted by Crippen LogP contribution is -2.48. The van der Waals surface area contributed by atoms with Crippen LogP contribution in [0.1, 0.15) is 25.7 Å². The largest absolute Gasteiger partial charge is 0.393 e. The molecule has 0 amide bonds. The Morgan fingerprint density at radius 2 is 1.77 bits per heavy atom. The van der Waals surface area contributed by atoms with Crippen molar-refractivity contribution in [2.45, 2.75) is 37.8 Å². The number of benzene rings is 1. The quantitative estimate of drug-likeness (QED) is 0.926. The standard InChI is InChI=1S/C18H27FN2O/c19-13-17-12-18(22)8-11-21(17)14-15-6-9-20(10-7-15)16-4-2-1-3-5-16/h1-5,15,17-18,22H,6-14H2. The minimum absolute atomic E-state index is 0.0732. The first-order valence-corrected chi connectivity index (χ1v) is 8.54. The lowest BCUT2D eigenvalue weighted by Gasteiger charge is -2.41. The molecule has 3 rings (SSSR count). The molecule has 2 aliphatic heterocycles. The number of aliphatic hydroxyl groups is 1. The van der Waals surface area contributed by atoms with E-state index >= 15 is 0 Å². The Kier molecular flexibility index (Phi) is 5.32. The fourth-order valence-electron chi connectivity index (χ4n) is 3.82. The molecule has 1 aromatic carbocycles. The first kappa shape index (κ1) is 15.8. The number of para-hydroxylation sites is 1. The van der Waals surface area contributed by atoms with Crippen molar-refractivity contribution in [2.75, 3.05) is 37.8 Å². The van der Waals surface area contributed by atoms with Gasteiger partial charge in [0, 0.05) is 37.9 Å². The summed E-state index contributed by atoms with van der Waals surface area (Å²) < 4.78 is 13.2. The Bertz CT molecular complexity index is 448. The number of piperidine rings is 2. The van der Waals surface area contributed by atoms with E-state index in [0.29, 0.717) is 12.3 Å². The van der Waals surface area contributed by atoms with Gasteiger partial charge in [-0.2, -0.15) is 0 Å². The number of nitrogens with zero attached hydrogens (tertiary/aromatic N) is 2. The van der Waals surface area contributed by atoms with E-state index < -0.39 is 0 Å². The molecule has 1 aromatic rings. The number of alkyl halides is 1. The lowest BCUT2D eigenvalue weighted by atomic mass is 9.93. The van der Waals surface area contributed by atoms with Crippen molar-refractivity contribution >= 4 is 5.69 Å². The summed E-state index contributed by atoms with van der Waals surface area (Å²) in [6.07, 6.45) is 3.43. The van der Waals surface area contributed by atoms with E-state index in [9.17, 15) is 9.50 Å². The molecule has 4 heteroatoms. The Morgan fingerprint density at radius 3 is 2.45 bits per heavy atom. The highest BCUT2D eigenvalue weighted by Crippen LogP contribution is 2.26. The topological polar surface area (TPSA) is 26.7 Å². The van der Waals surface area contributed by atoms with Gasteiger partial charge in [0.05, 0.1) is 6.10 Å². The fraction of sp³-hybridized carbons (Fsp3) is 0.667. The Morgan fingerprint density at radius 1 is 1.05 bits per heavy atom. The van der Waals surface area contributed by atoms with E-state index in [0.717, 1.165) is 32.6 Å². The number of halogens is 1. The van der Waals surface area contributed by atoms with Crippen molar-refractivity contribution in [2.24, 2.45) is 5.92 Å². The van der Waals surface area contributed by atoms with Crippen LogP contribution < -0.4 is 4.90 Å². The number of rotatable bonds is 4. The van der Waals surface area contributed by atoms with Gasteiger partial charge in [0.25, 0.3) is 0 Å². The minimum atomic E-state index is -0.333. The zero-order valence-electron chi connectivity index (χ0n) is 13.2. The Hall–Kier alpha value is -1.13. The summed E-state index contributed by atoms with van der Waals surface area (Å²) in [6, 6.07) is 10.5. The SMILES string of the molecule is OC1CCN(CC2CCN(c3ccccc3)CC2)C(CF)C1. The molecule has 2 fully saturated rings. The van der Waals surface area contributed by atoms with Crippen molar-refractivity contribution in [3.63, 3.8) is 0 Å². The Labute approximate surface area is 132 Å². The third kappa shape index (κ3) is 3.79. The summed E-state index contributed by atoms with van der Waals surface area (Å²) in [4.78, 5) is 4.72. The van der Waals surface area contributed by atoms with Gasteiger partial charge in [-0.3, -0.25) is 4.90 Å². The first-order valence-electron chi connectivity index (χ1n) is 8.54. The Balaban J connectivity index is 1.49. The van der Waals surface area contributed by atoms with Gasteiger partial charge in [0.2, 0.25) is 0 Å². The normalized spacial score (nSPS) is 28.0. The van der Waals surface area contributed by atoms with Crippen molar-refractivity contribution in [1.29, 1.82) is 0 Å². The monoisotopic (exact) mass is 306 g/mol. The van der Waals surface area contributed by atoms with Gasteiger partial charge in [0.1, 0.15) is 6.67 Å². The molecule has 1 N–H and O–H groups in total. The summed E-state index contributed by atoms with van der Waals surface area (Å²) in [6.45, 7) is 3.68. The van der Waals surface area contributed by atoms with Crippen LogP contribution in [0.25, 0.3) is 0 Å². The third-order valence-electron chi connectivity index (χ3n) is 5.22. The third-order valence-corrected chi connectivity index (χ3v) is 5.22. The van der Waals surface area contributed by atoms with Crippen LogP contribution in [0, 0.1) is 5.92 Å². The maximum Gasteiger partial charge on any atom is 0.105 e. The molecular formula is C18H27FN2O. The number of aliphatic hydroxyl groups excluding tert-OH is 1. The summed E-state index contributed by atoms with van der Waals surface area (Å²) >= 11 is 0. The molecule has 0 saturated carbocycles. The van der Waals surface area contributed by atoms with Crippen LogP contribution in [-0.4, -0.2) is 55.0 Å². The van der Waals surface area contributed by atoms with E-state index in [1.165, 1.54) is 18.5 Å². The molecule has 2 heterocycles. The molecule has 0 radical (unpaired) electrons. The van der Waals surface area contributed by atoms with E-state index in [-0.39, 0.29) is 18.8 Å². The van der Waals surface area contributed by atoms with Gasteiger partial charge in [-0.25, -0.2) is 4.39 Å². The van der Waals surface area contributed by atoms with E-state index in [1.807, 2.05) is 0 Å². The number of hydrogen-bond donors (Lipinski definition) is 1. The highest BCUT2D eigenvalue weighted by Gasteiger charge is 2.30. The smallest absolute Gasteiger partial charge is 0.105 e. The molecule has 2 atom stereocenters. The molecule has 122 valence electrons. The summed E-state index contributed by atoms with van der Waals surface area (Å²) in [7, 11) is 0. The van der Waals surface area contributed by atoms with Gasteiger partial charge in [0.15, 0.2) is 0 Å². The molecular weight excluding hydrogens is 279 g/mol. The lowest BCUT2D eigenvalue weighted by molar-refractivity contribution is 0.0214. The zero-order chi connectivity index (χ0) is 15.4. The van der Waals surface area contributed by atoms with Crippen LogP contribution in [0.15, 0.2) is 30.3 Å². The van der Waals surface area contributed by atoms with Gasteiger partial charge in [-0.15, -0.1) is 0 Å². The van der Waals surface area contributed by atoms with Gasteiger partial charge in [-0.1, -0.05) is 18.2 Å². The maximum atomic E-state index is 13.2. The number of anilines is 1. The van der Waals surface area contributed by atoms with E-state index in [4.69, 9.17) is 0 Å². The van der Waals surface area contributed by atoms with E-state index in [2.05, 4.69) is 40.1 Å².